The number of hydrogen-bond acceptors (Lipinski definition) is 2. The first-order valence-corrected chi connectivity index (χ1v) is 4.86. The smallest absolute Gasteiger partial charge is 0.0707 e. The van der Waals surface area contributed by atoms with Crippen LogP contribution in [0.5, 0.6) is 0 Å². The molecule has 0 aliphatic carbocycles. The second-order valence-electron chi connectivity index (χ2n) is 3.36. The Kier molecular flexibility index (Phi) is 2.40. The van der Waals surface area contributed by atoms with Crippen molar-refractivity contribution in [3.8, 4) is 0 Å². The molecule has 2 rings (SSSR count). The van der Waals surface area contributed by atoms with Gasteiger partial charge in [0, 0.05) is 16.5 Å². The van der Waals surface area contributed by atoms with E-state index in [4.69, 9.17) is 17.3 Å². The van der Waals surface area contributed by atoms with Gasteiger partial charge in [-0.1, -0.05) is 17.7 Å². The van der Waals surface area contributed by atoms with Crippen molar-refractivity contribution in [1.29, 1.82) is 0 Å². The van der Waals surface area contributed by atoms with Crippen LogP contribution in [0.3, 0.4) is 0 Å². The summed E-state index contributed by atoms with van der Waals surface area (Å²) >= 11 is 5.87. The number of rotatable bonds is 1. The molecule has 1 heterocycles. The molecule has 1 aromatic heterocycles. The molecule has 0 bridgehead atoms. The largest absolute Gasteiger partial charge is 0.323 e. The molecule has 1 atom stereocenters. The lowest BCUT2D eigenvalue weighted by molar-refractivity contribution is 0.787. The molecule has 0 amide bonds. The maximum atomic E-state index is 5.87. The van der Waals surface area contributed by atoms with Gasteiger partial charge >= 0.3 is 0 Å². The molecule has 0 aliphatic rings. The normalized spacial score (nSPS) is 13.1. The van der Waals surface area contributed by atoms with Gasteiger partial charge in [-0.3, -0.25) is 4.98 Å². The monoisotopic (exact) mass is 206 g/mol. The summed E-state index contributed by atoms with van der Waals surface area (Å²) in [5.74, 6) is 0. The third-order valence-corrected chi connectivity index (χ3v) is 2.37. The Morgan fingerprint density at radius 2 is 2.07 bits per heavy atom. The number of benzene rings is 1. The van der Waals surface area contributed by atoms with Crippen molar-refractivity contribution in [2.75, 3.05) is 0 Å². The average Bonchev–Trinajstić information content (AvgIpc) is 2.16. The summed E-state index contributed by atoms with van der Waals surface area (Å²) in [6, 6.07) is 9.53. The van der Waals surface area contributed by atoms with Gasteiger partial charge in [-0.25, -0.2) is 0 Å². The van der Waals surface area contributed by atoms with Crippen LogP contribution in [0.1, 0.15) is 18.7 Å². The first-order valence-electron chi connectivity index (χ1n) is 4.48. The molecular formula is C11H11ClN2. The van der Waals surface area contributed by atoms with Crippen molar-refractivity contribution in [2.45, 2.75) is 13.0 Å². The summed E-state index contributed by atoms with van der Waals surface area (Å²) in [5, 5.41) is 1.77. The van der Waals surface area contributed by atoms with Crippen LogP contribution in [0, 0.1) is 0 Å². The quantitative estimate of drug-likeness (QED) is 0.779. The van der Waals surface area contributed by atoms with Crippen molar-refractivity contribution in [1.82, 2.24) is 4.98 Å². The molecule has 14 heavy (non-hydrogen) atoms. The van der Waals surface area contributed by atoms with Gasteiger partial charge in [0.2, 0.25) is 0 Å². The van der Waals surface area contributed by atoms with E-state index in [1.165, 1.54) is 0 Å². The third-order valence-electron chi connectivity index (χ3n) is 2.14. The molecular weight excluding hydrogens is 196 g/mol. The summed E-state index contributed by atoms with van der Waals surface area (Å²) in [6.07, 6.45) is 0. The van der Waals surface area contributed by atoms with Gasteiger partial charge in [0.25, 0.3) is 0 Å². The number of pyridine rings is 1. The molecule has 0 aliphatic heterocycles. The van der Waals surface area contributed by atoms with E-state index in [-0.39, 0.29) is 6.04 Å². The first-order chi connectivity index (χ1) is 6.66. The van der Waals surface area contributed by atoms with E-state index in [9.17, 15) is 0 Å². The maximum Gasteiger partial charge on any atom is 0.0707 e. The second kappa shape index (κ2) is 3.56. The van der Waals surface area contributed by atoms with Crippen molar-refractivity contribution in [3.05, 3.63) is 41.0 Å². The Bertz CT molecular complexity index is 466. The van der Waals surface area contributed by atoms with E-state index in [0.717, 1.165) is 21.6 Å². The van der Waals surface area contributed by atoms with Gasteiger partial charge in [-0.2, -0.15) is 0 Å². The zero-order valence-corrected chi connectivity index (χ0v) is 8.62. The first kappa shape index (κ1) is 9.44. The summed E-state index contributed by atoms with van der Waals surface area (Å²) in [5.41, 5.74) is 7.58. The lowest BCUT2D eigenvalue weighted by Crippen LogP contribution is -2.06. The summed E-state index contributed by atoms with van der Waals surface area (Å²) in [6.45, 7) is 1.92. The molecule has 0 spiro atoms. The van der Waals surface area contributed by atoms with Gasteiger partial charge in [0.05, 0.1) is 11.2 Å². The summed E-state index contributed by atoms with van der Waals surface area (Å²) in [7, 11) is 0. The van der Waals surface area contributed by atoms with Crippen LogP contribution in [0.25, 0.3) is 10.9 Å². The van der Waals surface area contributed by atoms with Crippen molar-refractivity contribution < 1.29 is 0 Å². The standard InChI is InChI=1S/C11H11ClN2/c1-7(13)10-4-2-8-6-9(12)3-5-11(8)14-10/h2-7H,13H2,1H3. The topological polar surface area (TPSA) is 38.9 Å². The Hall–Kier alpha value is -1.12. The predicted molar refractivity (Wildman–Crippen MR) is 59.4 cm³/mol. The van der Waals surface area contributed by atoms with Crippen LogP contribution in [0.15, 0.2) is 30.3 Å². The van der Waals surface area contributed by atoms with Gasteiger partial charge in [0.15, 0.2) is 0 Å². The molecule has 0 saturated heterocycles. The molecule has 3 heteroatoms. The average molecular weight is 207 g/mol. The van der Waals surface area contributed by atoms with E-state index >= 15 is 0 Å². The minimum atomic E-state index is -0.0323. The lowest BCUT2D eigenvalue weighted by atomic mass is 10.1. The SMILES string of the molecule is CC(N)c1ccc2cc(Cl)ccc2n1. The predicted octanol–water partition coefficient (Wildman–Crippen LogP) is 2.91. The van der Waals surface area contributed by atoms with E-state index in [1.807, 2.05) is 37.3 Å². The van der Waals surface area contributed by atoms with Crippen LogP contribution in [0.4, 0.5) is 0 Å². The number of hydrogen-bond donors (Lipinski definition) is 1. The highest BCUT2D eigenvalue weighted by molar-refractivity contribution is 6.31. The van der Waals surface area contributed by atoms with E-state index in [1.54, 1.807) is 0 Å². The number of fused-ring (bicyclic) bond motifs is 1. The number of nitrogens with two attached hydrogens (primary N) is 1. The molecule has 0 radical (unpaired) electrons. The molecule has 2 nitrogen and oxygen atoms in total. The highest BCUT2D eigenvalue weighted by Crippen LogP contribution is 2.19. The van der Waals surface area contributed by atoms with E-state index < -0.39 is 0 Å². The Labute approximate surface area is 87.7 Å². The van der Waals surface area contributed by atoms with Crippen LogP contribution in [0.2, 0.25) is 5.02 Å². The molecule has 1 aromatic carbocycles. The Morgan fingerprint density at radius 3 is 2.79 bits per heavy atom. The van der Waals surface area contributed by atoms with Crippen LogP contribution >= 0.6 is 11.6 Å². The minimum absolute atomic E-state index is 0.0323. The Balaban J connectivity index is 2.62. The number of halogens is 1. The molecule has 0 fully saturated rings. The van der Waals surface area contributed by atoms with Crippen LogP contribution < -0.4 is 5.73 Å². The molecule has 0 saturated carbocycles. The van der Waals surface area contributed by atoms with E-state index in [0.29, 0.717) is 0 Å². The second-order valence-corrected chi connectivity index (χ2v) is 3.80. The van der Waals surface area contributed by atoms with Crippen molar-refractivity contribution in [3.63, 3.8) is 0 Å². The number of aromatic nitrogens is 1. The van der Waals surface area contributed by atoms with Gasteiger partial charge < -0.3 is 5.73 Å². The summed E-state index contributed by atoms with van der Waals surface area (Å²) in [4.78, 5) is 4.43. The fourth-order valence-electron chi connectivity index (χ4n) is 1.37. The fourth-order valence-corrected chi connectivity index (χ4v) is 1.55. The highest BCUT2D eigenvalue weighted by atomic mass is 35.5. The van der Waals surface area contributed by atoms with Gasteiger partial charge in [0.1, 0.15) is 0 Å². The number of nitrogens with zero attached hydrogens (tertiary/aromatic N) is 1. The van der Waals surface area contributed by atoms with E-state index in [2.05, 4.69) is 4.98 Å². The minimum Gasteiger partial charge on any atom is -0.323 e. The zero-order valence-electron chi connectivity index (χ0n) is 7.87. The molecule has 2 aromatic rings. The fraction of sp³-hybridized carbons (Fsp3) is 0.182. The lowest BCUT2D eigenvalue weighted by Gasteiger charge is -2.05. The highest BCUT2D eigenvalue weighted by Gasteiger charge is 2.02. The maximum absolute atomic E-state index is 5.87. The molecule has 1 unspecified atom stereocenters. The van der Waals surface area contributed by atoms with Gasteiger partial charge in [-0.05, 0) is 31.2 Å². The van der Waals surface area contributed by atoms with Gasteiger partial charge in [-0.15, -0.1) is 0 Å². The molecule has 72 valence electrons. The molecule has 2 N–H and O–H groups in total. The summed E-state index contributed by atoms with van der Waals surface area (Å²) < 4.78 is 0. The Morgan fingerprint density at radius 1 is 1.29 bits per heavy atom. The third kappa shape index (κ3) is 1.72. The van der Waals surface area contributed by atoms with Crippen LogP contribution in [-0.2, 0) is 0 Å². The van der Waals surface area contributed by atoms with Crippen molar-refractivity contribution in [2.24, 2.45) is 5.73 Å². The van der Waals surface area contributed by atoms with Crippen LogP contribution in [-0.4, -0.2) is 4.98 Å². The van der Waals surface area contributed by atoms with Crippen molar-refractivity contribution >= 4 is 22.5 Å². The zero-order chi connectivity index (χ0) is 10.1.